The van der Waals surface area contributed by atoms with Gasteiger partial charge in [0, 0.05) is 49.9 Å². The summed E-state index contributed by atoms with van der Waals surface area (Å²) in [6.07, 6.45) is 6.78. The summed E-state index contributed by atoms with van der Waals surface area (Å²) in [6.45, 7) is 1.93. The van der Waals surface area contributed by atoms with Crippen molar-refractivity contribution in [2.45, 2.75) is 31.1 Å². The van der Waals surface area contributed by atoms with Gasteiger partial charge in [-0.3, -0.25) is 15.0 Å². The highest BCUT2D eigenvalue weighted by Gasteiger charge is 2.49. The molecule has 9 nitrogen and oxygen atoms in total. The summed E-state index contributed by atoms with van der Waals surface area (Å²) >= 11 is 0. The van der Waals surface area contributed by atoms with E-state index in [-0.39, 0.29) is 29.6 Å². The highest BCUT2D eigenvalue weighted by Crippen LogP contribution is 2.41. The average Bonchev–Trinajstić information content (AvgIpc) is 3.33. The molecular weight excluding hydrogens is 499 g/mol. The molecule has 2 fully saturated rings. The van der Waals surface area contributed by atoms with Gasteiger partial charge in [-0.05, 0) is 62.3 Å². The summed E-state index contributed by atoms with van der Waals surface area (Å²) in [5.41, 5.74) is 14.0. The first-order valence-electron chi connectivity index (χ1n) is 13.2. The first-order chi connectivity index (χ1) is 18.8. The number of likely N-dealkylation sites (tertiary alicyclic amines) is 1. The molecule has 2 amide bonds. The Bertz CT molecular complexity index is 1260. The van der Waals surface area contributed by atoms with Gasteiger partial charge in [0.2, 0.25) is 5.91 Å². The zero-order chi connectivity index (χ0) is 27.5. The first kappa shape index (κ1) is 26.9. The van der Waals surface area contributed by atoms with Crippen LogP contribution in [-0.4, -0.2) is 78.5 Å². The molecule has 5 rings (SSSR count). The van der Waals surface area contributed by atoms with Gasteiger partial charge in [-0.1, -0.05) is 24.3 Å². The number of hydrogen-bond donors (Lipinski definition) is 3. The van der Waals surface area contributed by atoms with Gasteiger partial charge < -0.3 is 25.2 Å². The Balaban J connectivity index is 1.37. The lowest BCUT2D eigenvalue weighted by Crippen LogP contribution is -2.67. The van der Waals surface area contributed by atoms with E-state index in [1.54, 1.807) is 18.2 Å². The fourth-order valence-corrected chi connectivity index (χ4v) is 5.54. The van der Waals surface area contributed by atoms with Crippen molar-refractivity contribution < 1.29 is 18.7 Å². The molecule has 206 valence electrons. The number of ether oxygens (including phenoxy) is 1. The summed E-state index contributed by atoms with van der Waals surface area (Å²) < 4.78 is 19.3. The molecule has 3 aliphatic heterocycles. The third-order valence-electron chi connectivity index (χ3n) is 7.41. The number of nitrogens with two attached hydrogens (primary N) is 1. The second kappa shape index (κ2) is 11.6. The number of hydrogen-bond acceptors (Lipinski definition) is 7. The van der Waals surface area contributed by atoms with Crippen molar-refractivity contribution in [1.29, 1.82) is 0 Å². The van der Waals surface area contributed by atoms with Crippen molar-refractivity contribution in [3.63, 3.8) is 0 Å². The molecule has 3 aliphatic rings. The molecule has 4 unspecified atom stereocenters. The Kier molecular flexibility index (Phi) is 7.97. The lowest BCUT2D eigenvalue weighted by Gasteiger charge is -2.43. The van der Waals surface area contributed by atoms with Crippen molar-refractivity contribution in [3.05, 3.63) is 78.3 Å². The molecule has 0 aromatic heterocycles. The van der Waals surface area contributed by atoms with Crippen LogP contribution in [0.1, 0.15) is 18.4 Å². The van der Waals surface area contributed by atoms with E-state index in [0.29, 0.717) is 31.1 Å². The lowest BCUT2D eigenvalue weighted by atomic mass is 9.86. The molecule has 2 aromatic rings. The van der Waals surface area contributed by atoms with Crippen LogP contribution in [0.4, 0.5) is 4.39 Å². The second-order valence-electron chi connectivity index (χ2n) is 10.5. The molecule has 2 aromatic carbocycles. The van der Waals surface area contributed by atoms with E-state index < -0.39 is 12.2 Å². The van der Waals surface area contributed by atoms with E-state index >= 15 is 0 Å². The van der Waals surface area contributed by atoms with Gasteiger partial charge >= 0.3 is 0 Å². The van der Waals surface area contributed by atoms with E-state index in [1.165, 1.54) is 12.1 Å². The molecule has 0 radical (unpaired) electrons. The topological polar surface area (TPSA) is 103 Å². The van der Waals surface area contributed by atoms with Crippen LogP contribution >= 0.6 is 0 Å². The maximum Gasteiger partial charge on any atom is 0.257 e. The molecule has 2 saturated heterocycles. The smallest absolute Gasteiger partial charge is 0.257 e. The van der Waals surface area contributed by atoms with Crippen LogP contribution < -0.4 is 21.3 Å². The quantitative estimate of drug-likeness (QED) is 0.469. The SMILES string of the molecule is CN(C)C/C=C/C(=O)N1CCCC(N2C=C(c3ccc(Oc4cccc(F)c4)cc3)C3C(N)NNC(=O)C32)C1. The Morgan fingerprint density at radius 2 is 2.00 bits per heavy atom. The van der Waals surface area contributed by atoms with Gasteiger partial charge in [0.1, 0.15) is 23.4 Å². The monoisotopic (exact) mass is 534 g/mol. The van der Waals surface area contributed by atoms with Crippen LogP contribution in [0.15, 0.2) is 66.9 Å². The largest absolute Gasteiger partial charge is 0.457 e. The van der Waals surface area contributed by atoms with Crippen molar-refractivity contribution in [1.82, 2.24) is 25.6 Å². The maximum atomic E-state index is 13.5. The predicted molar refractivity (Wildman–Crippen MR) is 147 cm³/mol. The van der Waals surface area contributed by atoms with Gasteiger partial charge in [-0.25, -0.2) is 9.82 Å². The molecule has 0 saturated carbocycles. The molecule has 4 atom stereocenters. The van der Waals surface area contributed by atoms with Gasteiger partial charge in [0.25, 0.3) is 5.91 Å². The standard InChI is InChI=1S/C29H35FN6O3/c1-34(2)14-5-9-25(37)35-15-4-7-21(17-35)36-18-24(26-27(36)29(38)33-32-28(26)31)19-10-12-22(13-11-19)39-23-8-3-6-20(30)16-23/h3,5-6,8-13,16,18,21,26-28,32H,4,7,14-15,17,31H2,1-2H3,(H,33,38)/b9-5+. The van der Waals surface area contributed by atoms with Crippen molar-refractivity contribution >= 4 is 17.4 Å². The zero-order valence-corrected chi connectivity index (χ0v) is 22.2. The third kappa shape index (κ3) is 5.98. The average molecular weight is 535 g/mol. The number of carbonyl (C=O) groups is 2. The highest BCUT2D eigenvalue weighted by atomic mass is 19.1. The first-order valence-corrected chi connectivity index (χ1v) is 13.2. The molecule has 10 heteroatoms. The molecule has 0 bridgehead atoms. The number of halogens is 1. The number of carbonyl (C=O) groups excluding carboxylic acids is 2. The van der Waals surface area contributed by atoms with E-state index in [2.05, 4.69) is 15.8 Å². The number of nitrogens with zero attached hydrogens (tertiary/aromatic N) is 3. The highest BCUT2D eigenvalue weighted by molar-refractivity contribution is 5.89. The molecule has 0 aliphatic carbocycles. The Morgan fingerprint density at radius 3 is 2.74 bits per heavy atom. The molecule has 39 heavy (non-hydrogen) atoms. The number of piperidine rings is 1. The van der Waals surface area contributed by atoms with E-state index in [0.717, 1.165) is 24.0 Å². The Labute approximate surface area is 228 Å². The molecule has 3 heterocycles. The number of likely N-dealkylation sites (N-methyl/N-ethyl adjacent to an activating group) is 1. The van der Waals surface area contributed by atoms with E-state index in [1.807, 2.05) is 60.4 Å². The third-order valence-corrected chi connectivity index (χ3v) is 7.41. The minimum Gasteiger partial charge on any atom is -0.457 e. The minimum absolute atomic E-state index is 0.0122. The predicted octanol–water partition coefficient (Wildman–Crippen LogP) is 2.29. The Morgan fingerprint density at radius 1 is 1.21 bits per heavy atom. The summed E-state index contributed by atoms with van der Waals surface area (Å²) in [5, 5.41) is 0. The summed E-state index contributed by atoms with van der Waals surface area (Å²) in [6, 6.07) is 13.0. The Hall–Kier alpha value is -3.73. The van der Waals surface area contributed by atoms with Gasteiger partial charge in [-0.15, -0.1) is 0 Å². The fraction of sp³-hybridized carbons (Fsp3) is 0.379. The number of benzene rings is 2. The zero-order valence-electron chi connectivity index (χ0n) is 22.2. The van der Waals surface area contributed by atoms with Crippen molar-refractivity contribution in [2.24, 2.45) is 11.7 Å². The number of fused-ring (bicyclic) bond motifs is 1. The van der Waals surface area contributed by atoms with Crippen LogP contribution in [0, 0.1) is 11.7 Å². The van der Waals surface area contributed by atoms with E-state index in [9.17, 15) is 14.0 Å². The minimum atomic E-state index is -0.484. The fourth-order valence-electron chi connectivity index (χ4n) is 5.54. The van der Waals surface area contributed by atoms with Crippen LogP contribution in [0.5, 0.6) is 11.5 Å². The maximum absolute atomic E-state index is 13.5. The van der Waals surface area contributed by atoms with Gasteiger partial charge in [0.15, 0.2) is 0 Å². The number of rotatable bonds is 7. The van der Waals surface area contributed by atoms with Crippen molar-refractivity contribution in [2.75, 3.05) is 33.7 Å². The number of nitrogens with one attached hydrogen (secondary N) is 2. The van der Waals surface area contributed by atoms with Crippen LogP contribution in [0.25, 0.3) is 5.57 Å². The summed E-state index contributed by atoms with van der Waals surface area (Å²) in [4.78, 5) is 31.9. The number of hydrazine groups is 1. The van der Waals surface area contributed by atoms with Gasteiger partial charge in [0.05, 0.1) is 6.17 Å². The molecule has 4 N–H and O–H groups in total. The second-order valence-corrected chi connectivity index (χ2v) is 10.5. The van der Waals surface area contributed by atoms with Crippen LogP contribution in [0.3, 0.4) is 0 Å². The van der Waals surface area contributed by atoms with Crippen molar-refractivity contribution in [3.8, 4) is 11.5 Å². The van der Waals surface area contributed by atoms with E-state index in [4.69, 9.17) is 10.5 Å². The normalized spacial score (nSPS) is 25.1. The lowest BCUT2D eigenvalue weighted by molar-refractivity contribution is -0.132. The molecule has 0 spiro atoms. The number of amides is 2. The van der Waals surface area contributed by atoms with Crippen LogP contribution in [-0.2, 0) is 9.59 Å². The summed E-state index contributed by atoms with van der Waals surface area (Å²) in [7, 11) is 3.92. The summed E-state index contributed by atoms with van der Waals surface area (Å²) in [5.74, 6) is 0.187. The van der Waals surface area contributed by atoms with Gasteiger partial charge in [-0.2, -0.15) is 0 Å². The molecular formula is C29H35FN6O3. The van der Waals surface area contributed by atoms with Crippen LogP contribution in [0.2, 0.25) is 0 Å².